The summed E-state index contributed by atoms with van der Waals surface area (Å²) in [7, 11) is 3.78. The number of aliphatic hydroxyl groups excluding tert-OH is 1. The van der Waals surface area contributed by atoms with Gasteiger partial charge in [-0.1, -0.05) is 0 Å². The van der Waals surface area contributed by atoms with Crippen LogP contribution in [0.2, 0.25) is 0 Å². The molecule has 0 spiro atoms. The van der Waals surface area contributed by atoms with E-state index in [1.807, 2.05) is 19.0 Å². The fraction of sp³-hybridized carbons (Fsp3) is 0.294. The van der Waals surface area contributed by atoms with E-state index in [-0.39, 0.29) is 12.6 Å². The fourth-order valence-electron chi connectivity index (χ4n) is 2.03. The van der Waals surface area contributed by atoms with E-state index in [4.69, 9.17) is 4.74 Å². The maximum absolute atomic E-state index is 11.9. The molecule has 0 bridgehead atoms. The Bertz CT molecular complexity index is 632. The van der Waals surface area contributed by atoms with Crippen LogP contribution in [0.5, 0.6) is 5.75 Å². The van der Waals surface area contributed by atoms with Crippen LogP contribution < -0.4 is 15.4 Å². The summed E-state index contributed by atoms with van der Waals surface area (Å²) in [6, 6.07) is 10.0. The van der Waals surface area contributed by atoms with Gasteiger partial charge < -0.3 is 25.4 Å². The average molecular weight is 330 g/mol. The Morgan fingerprint density at radius 2 is 1.71 bits per heavy atom. The molecule has 1 aromatic carbocycles. The molecule has 0 aliphatic rings. The van der Waals surface area contributed by atoms with E-state index in [9.17, 15) is 9.90 Å². The second-order valence-electron chi connectivity index (χ2n) is 5.57. The molecule has 7 nitrogen and oxygen atoms in total. The molecule has 0 radical (unpaired) electrons. The van der Waals surface area contributed by atoms with E-state index in [1.54, 1.807) is 48.8 Å². The Labute approximate surface area is 141 Å². The highest BCUT2D eigenvalue weighted by Gasteiger charge is 2.07. The van der Waals surface area contributed by atoms with Crippen molar-refractivity contribution >= 4 is 17.4 Å². The van der Waals surface area contributed by atoms with Crippen LogP contribution in [0.3, 0.4) is 0 Å². The van der Waals surface area contributed by atoms with Crippen LogP contribution in [0.25, 0.3) is 0 Å². The van der Waals surface area contributed by atoms with Crippen molar-refractivity contribution in [3.8, 4) is 5.75 Å². The van der Waals surface area contributed by atoms with Gasteiger partial charge in [0.2, 0.25) is 0 Å². The summed E-state index contributed by atoms with van der Waals surface area (Å²) >= 11 is 0. The number of urea groups is 1. The number of rotatable bonds is 7. The van der Waals surface area contributed by atoms with Gasteiger partial charge in [-0.25, -0.2) is 4.79 Å². The summed E-state index contributed by atoms with van der Waals surface area (Å²) in [5, 5.41) is 15.2. The van der Waals surface area contributed by atoms with Gasteiger partial charge in [-0.15, -0.1) is 0 Å². The second-order valence-corrected chi connectivity index (χ2v) is 5.57. The first kappa shape index (κ1) is 17.7. The van der Waals surface area contributed by atoms with Crippen LogP contribution in [-0.2, 0) is 0 Å². The molecule has 24 heavy (non-hydrogen) atoms. The molecule has 2 rings (SSSR count). The zero-order chi connectivity index (χ0) is 17.4. The van der Waals surface area contributed by atoms with Gasteiger partial charge in [0, 0.05) is 30.3 Å². The monoisotopic (exact) mass is 330 g/mol. The lowest BCUT2D eigenvalue weighted by Gasteiger charge is -2.16. The molecule has 0 saturated carbocycles. The molecule has 1 aromatic heterocycles. The fourth-order valence-corrected chi connectivity index (χ4v) is 2.03. The number of aliphatic hydroxyl groups is 1. The molecule has 7 heteroatoms. The molecule has 0 aliphatic heterocycles. The Morgan fingerprint density at radius 1 is 1.12 bits per heavy atom. The molecule has 2 amide bonds. The van der Waals surface area contributed by atoms with Crippen molar-refractivity contribution in [3.63, 3.8) is 0 Å². The number of carbonyl (C=O) groups is 1. The summed E-state index contributed by atoms with van der Waals surface area (Å²) in [5.74, 6) is 0.632. The van der Waals surface area contributed by atoms with E-state index in [1.165, 1.54) is 0 Å². The standard InChI is InChI=1S/C17H22N4O3/c1-21(2)11-15(22)12-24-16-5-3-13(4-6-16)19-17(23)20-14-7-9-18-10-8-14/h3-10,15,22H,11-12H2,1-2H3,(H2,18,19,20,23). The number of hydrogen-bond donors (Lipinski definition) is 3. The number of benzene rings is 1. The van der Waals surface area contributed by atoms with Gasteiger partial charge in [0.15, 0.2) is 0 Å². The van der Waals surface area contributed by atoms with Crippen LogP contribution in [-0.4, -0.2) is 54.4 Å². The number of nitrogens with zero attached hydrogens (tertiary/aromatic N) is 2. The van der Waals surface area contributed by atoms with Gasteiger partial charge in [0.05, 0.1) is 0 Å². The van der Waals surface area contributed by atoms with Gasteiger partial charge in [-0.3, -0.25) is 4.98 Å². The van der Waals surface area contributed by atoms with E-state index >= 15 is 0 Å². The zero-order valence-electron chi connectivity index (χ0n) is 13.8. The van der Waals surface area contributed by atoms with E-state index in [0.717, 1.165) is 0 Å². The largest absolute Gasteiger partial charge is 0.491 e. The van der Waals surface area contributed by atoms with Crippen molar-refractivity contribution in [2.24, 2.45) is 0 Å². The molecule has 1 unspecified atom stereocenters. The number of amides is 2. The summed E-state index contributed by atoms with van der Waals surface area (Å²) in [4.78, 5) is 17.6. The van der Waals surface area contributed by atoms with Crippen LogP contribution in [0.4, 0.5) is 16.2 Å². The lowest BCUT2D eigenvalue weighted by Crippen LogP contribution is -2.30. The molecule has 0 fully saturated rings. The van der Waals surface area contributed by atoms with Crippen molar-refractivity contribution in [1.29, 1.82) is 0 Å². The number of anilines is 2. The lowest BCUT2D eigenvalue weighted by atomic mass is 10.3. The normalized spacial score (nSPS) is 11.8. The van der Waals surface area contributed by atoms with Crippen molar-refractivity contribution in [3.05, 3.63) is 48.8 Å². The predicted octanol–water partition coefficient (Wildman–Crippen LogP) is 2.03. The van der Waals surface area contributed by atoms with Gasteiger partial charge in [-0.05, 0) is 50.5 Å². The van der Waals surface area contributed by atoms with Crippen LogP contribution in [0.15, 0.2) is 48.8 Å². The SMILES string of the molecule is CN(C)CC(O)COc1ccc(NC(=O)Nc2ccncc2)cc1. The van der Waals surface area contributed by atoms with Crippen LogP contribution in [0.1, 0.15) is 0 Å². The number of pyridine rings is 1. The highest BCUT2D eigenvalue weighted by atomic mass is 16.5. The van der Waals surface area contributed by atoms with Crippen LogP contribution in [0, 0.1) is 0 Å². The molecule has 1 atom stereocenters. The van der Waals surface area contributed by atoms with E-state index in [0.29, 0.717) is 23.7 Å². The van der Waals surface area contributed by atoms with Gasteiger partial charge >= 0.3 is 6.03 Å². The number of ether oxygens (including phenoxy) is 1. The maximum Gasteiger partial charge on any atom is 0.323 e. The van der Waals surface area contributed by atoms with E-state index in [2.05, 4.69) is 15.6 Å². The Morgan fingerprint density at radius 3 is 2.29 bits per heavy atom. The number of hydrogen-bond acceptors (Lipinski definition) is 5. The zero-order valence-corrected chi connectivity index (χ0v) is 13.8. The molecule has 0 saturated heterocycles. The quantitative estimate of drug-likeness (QED) is 0.723. The molecule has 2 aromatic rings. The first-order valence-corrected chi connectivity index (χ1v) is 7.56. The number of aromatic nitrogens is 1. The number of likely N-dealkylation sites (N-methyl/N-ethyl adjacent to an activating group) is 1. The third-order valence-corrected chi connectivity index (χ3v) is 3.07. The molecular formula is C17H22N4O3. The lowest BCUT2D eigenvalue weighted by molar-refractivity contribution is 0.0831. The van der Waals surface area contributed by atoms with Gasteiger partial charge in [-0.2, -0.15) is 0 Å². The molecular weight excluding hydrogens is 308 g/mol. The molecule has 128 valence electrons. The van der Waals surface area contributed by atoms with Crippen molar-refractivity contribution in [2.75, 3.05) is 37.9 Å². The summed E-state index contributed by atoms with van der Waals surface area (Å²) in [6.07, 6.45) is 2.66. The van der Waals surface area contributed by atoms with Crippen molar-refractivity contribution in [2.45, 2.75) is 6.10 Å². The number of carbonyl (C=O) groups excluding carboxylic acids is 1. The third-order valence-electron chi connectivity index (χ3n) is 3.07. The smallest absolute Gasteiger partial charge is 0.323 e. The summed E-state index contributed by atoms with van der Waals surface area (Å²) in [6.45, 7) is 0.752. The minimum atomic E-state index is -0.552. The predicted molar refractivity (Wildman–Crippen MR) is 93.4 cm³/mol. The first-order valence-electron chi connectivity index (χ1n) is 7.56. The third kappa shape index (κ3) is 6.23. The van der Waals surface area contributed by atoms with Gasteiger partial charge in [0.25, 0.3) is 0 Å². The first-order chi connectivity index (χ1) is 11.5. The van der Waals surface area contributed by atoms with Gasteiger partial charge in [0.1, 0.15) is 18.5 Å². The molecule has 1 heterocycles. The number of nitrogens with one attached hydrogen (secondary N) is 2. The van der Waals surface area contributed by atoms with Crippen molar-refractivity contribution in [1.82, 2.24) is 9.88 Å². The Hall–Kier alpha value is -2.64. The maximum atomic E-state index is 11.9. The second kappa shape index (κ2) is 8.85. The highest BCUT2D eigenvalue weighted by molar-refractivity contribution is 5.99. The van der Waals surface area contributed by atoms with Crippen molar-refractivity contribution < 1.29 is 14.6 Å². The minimum absolute atomic E-state index is 0.216. The molecule has 0 aliphatic carbocycles. The highest BCUT2D eigenvalue weighted by Crippen LogP contribution is 2.16. The van der Waals surface area contributed by atoms with E-state index < -0.39 is 6.10 Å². The Kier molecular flexibility index (Phi) is 6.53. The minimum Gasteiger partial charge on any atom is -0.491 e. The molecule has 3 N–H and O–H groups in total. The topological polar surface area (TPSA) is 86.7 Å². The summed E-state index contributed by atoms with van der Waals surface area (Å²) in [5.41, 5.74) is 1.31. The average Bonchev–Trinajstić information content (AvgIpc) is 2.54. The Balaban J connectivity index is 1.80. The van der Waals surface area contributed by atoms with Crippen LogP contribution >= 0.6 is 0 Å². The summed E-state index contributed by atoms with van der Waals surface area (Å²) < 4.78 is 5.51.